The van der Waals surface area contributed by atoms with Crippen molar-refractivity contribution in [3.63, 3.8) is 0 Å². The van der Waals surface area contributed by atoms with Crippen LogP contribution in [0.1, 0.15) is 73.1 Å². The van der Waals surface area contributed by atoms with Gasteiger partial charge in [0.2, 0.25) is 0 Å². The molecule has 2 fully saturated rings. The van der Waals surface area contributed by atoms with Crippen LogP contribution in [0, 0.1) is 35.0 Å². The summed E-state index contributed by atoms with van der Waals surface area (Å²) < 4.78 is 0. The molecule has 2 rings (SSSR count). The fraction of sp³-hybridized carbons (Fsp3) is 1.00. The van der Waals surface area contributed by atoms with E-state index in [1.807, 2.05) is 0 Å². The van der Waals surface area contributed by atoms with E-state index in [0.29, 0.717) is 0 Å². The van der Waals surface area contributed by atoms with Crippen molar-refractivity contribution in [2.45, 2.75) is 73.1 Å². The Kier molecular flexibility index (Phi) is 3.90. The maximum Gasteiger partial charge on any atom is -0.0266 e. The molecule has 0 aromatic carbocycles. The van der Waals surface area contributed by atoms with Gasteiger partial charge in [0, 0.05) is 0 Å². The Morgan fingerprint density at radius 1 is 1.18 bits per heavy atom. The van der Waals surface area contributed by atoms with Crippen LogP contribution in [0.3, 0.4) is 0 Å². The minimum Gasteiger partial charge on any atom is -0.0654 e. The molecule has 0 heteroatoms. The van der Waals surface area contributed by atoms with Crippen molar-refractivity contribution in [3.8, 4) is 0 Å². The van der Waals surface area contributed by atoms with Crippen LogP contribution < -0.4 is 0 Å². The van der Waals surface area contributed by atoms with Gasteiger partial charge in [-0.3, -0.25) is 0 Å². The lowest BCUT2D eigenvalue weighted by atomic mass is 9.54. The van der Waals surface area contributed by atoms with Gasteiger partial charge in [-0.2, -0.15) is 0 Å². The van der Waals surface area contributed by atoms with E-state index in [2.05, 4.69) is 34.6 Å². The molecule has 0 N–H and O–H groups in total. The molecular formula is C17H32. The first-order valence-electron chi connectivity index (χ1n) is 7.97. The van der Waals surface area contributed by atoms with Crippen LogP contribution in [0.4, 0.5) is 0 Å². The summed E-state index contributed by atoms with van der Waals surface area (Å²) in [6, 6.07) is 0. The summed E-state index contributed by atoms with van der Waals surface area (Å²) >= 11 is 0. The lowest BCUT2D eigenvalue weighted by Crippen LogP contribution is -2.43. The second-order valence-electron chi connectivity index (χ2n) is 7.73. The molecule has 2 aliphatic carbocycles. The molecule has 0 aromatic rings. The van der Waals surface area contributed by atoms with Crippen molar-refractivity contribution < 1.29 is 0 Å². The third kappa shape index (κ3) is 2.42. The first-order chi connectivity index (χ1) is 7.97. The predicted octanol–water partition coefficient (Wildman–Crippen LogP) is 5.52. The Balaban J connectivity index is 1.91. The molecule has 0 aliphatic heterocycles. The van der Waals surface area contributed by atoms with Crippen LogP contribution in [0.25, 0.3) is 0 Å². The zero-order valence-electron chi connectivity index (χ0n) is 12.6. The number of fused-ring (bicyclic) bond motifs is 1. The van der Waals surface area contributed by atoms with E-state index < -0.39 is 0 Å². The molecule has 5 unspecified atom stereocenters. The number of hydrogen-bond donors (Lipinski definition) is 0. The Hall–Kier alpha value is 0. The monoisotopic (exact) mass is 236 g/mol. The quantitative estimate of drug-likeness (QED) is 0.589. The van der Waals surface area contributed by atoms with Crippen LogP contribution in [-0.2, 0) is 0 Å². The first-order valence-corrected chi connectivity index (χ1v) is 7.97. The third-order valence-electron chi connectivity index (χ3n) is 6.01. The highest BCUT2D eigenvalue weighted by Crippen LogP contribution is 2.65. The third-order valence-corrected chi connectivity index (χ3v) is 6.01. The fourth-order valence-electron chi connectivity index (χ4n) is 4.93. The zero-order chi connectivity index (χ0) is 12.6. The highest BCUT2D eigenvalue weighted by Gasteiger charge is 2.56. The van der Waals surface area contributed by atoms with Crippen molar-refractivity contribution in [1.29, 1.82) is 0 Å². The van der Waals surface area contributed by atoms with Crippen molar-refractivity contribution in [3.05, 3.63) is 0 Å². The smallest absolute Gasteiger partial charge is 0.0266 e. The van der Waals surface area contributed by atoms with Crippen molar-refractivity contribution in [1.82, 2.24) is 0 Å². The van der Waals surface area contributed by atoms with Crippen LogP contribution in [-0.4, -0.2) is 0 Å². The van der Waals surface area contributed by atoms with Crippen LogP contribution >= 0.6 is 0 Å². The van der Waals surface area contributed by atoms with Gasteiger partial charge >= 0.3 is 0 Å². The second kappa shape index (κ2) is 4.94. The van der Waals surface area contributed by atoms with Gasteiger partial charge in [-0.25, -0.2) is 0 Å². The van der Waals surface area contributed by atoms with Gasteiger partial charge in [0.1, 0.15) is 0 Å². The van der Waals surface area contributed by atoms with Crippen molar-refractivity contribution >= 4 is 0 Å². The first kappa shape index (κ1) is 13.4. The molecule has 0 amide bonds. The van der Waals surface area contributed by atoms with E-state index in [9.17, 15) is 0 Å². The summed E-state index contributed by atoms with van der Waals surface area (Å²) in [5.41, 5.74) is 0.742. The molecule has 0 nitrogen and oxygen atoms in total. The average Bonchev–Trinajstić information content (AvgIpc) is 2.49. The lowest BCUT2D eigenvalue weighted by Gasteiger charge is -2.51. The minimum absolute atomic E-state index is 0.742. The molecule has 0 aromatic heterocycles. The van der Waals surface area contributed by atoms with E-state index in [0.717, 1.165) is 35.0 Å². The fourth-order valence-corrected chi connectivity index (χ4v) is 4.93. The highest BCUT2D eigenvalue weighted by atomic mass is 14.6. The van der Waals surface area contributed by atoms with E-state index in [1.54, 1.807) is 12.8 Å². The van der Waals surface area contributed by atoms with Crippen LogP contribution in [0.15, 0.2) is 0 Å². The van der Waals surface area contributed by atoms with Gasteiger partial charge in [0.15, 0.2) is 0 Å². The molecule has 2 saturated carbocycles. The topological polar surface area (TPSA) is 0 Å². The van der Waals surface area contributed by atoms with Gasteiger partial charge in [0.25, 0.3) is 0 Å². The zero-order valence-corrected chi connectivity index (χ0v) is 12.6. The van der Waals surface area contributed by atoms with Crippen molar-refractivity contribution in [2.75, 3.05) is 0 Å². The Labute approximate surface area is 109 Å². The highest BCUT2D eigenvalue weighted by molar-refractivity contribution is 5.05. The van der Waals surface area contributed by atoms with E-state index in [4.69, 9.17) is 0 Å². The SMILES string of the molecule is CCCC1CC2CC(C(C)CC(C)C)CC12C. The molecule has 0 spiro atoms. The Morgan fingerprint density at radius 3 is 2.47 bits per heavy atom. The lowest BCUT2D eigenvalue weighted by molar-refractivity contribution is -0.0153. The van der Waals surface area contributed by atoms with Gasteiger partial charge in [-0.1, -0.05) is 47.5 Å². The largest absolute Gasteiger partial charge is 0.0654 e. The standard InChI is InChI=1S/C17H32/c1-6-7-15-10-16-9-14(11-17(15,16)5)13(4)8-12(2)3/h12-16H,6-11H2,1-5H3. The summed E-state index contributed by atoms with van der Waals surface area (Å²) in [5, 5.41) is 0. The number of hydrogen-bond acceptors (Lipinski definition) is 0. The average molecular weight is 236 g/mol. The van der Waals surface area contributed by atoms with E-state index >= 15 is 0 Å². The second-order valence-corrected chi connectivity index (χ2v) is 7.73. The van der Waals surface area contributed by atoms with Crippen LogP contribution in [0.2, 0.25) is 0 Å². The maximum absolute atomic E-state index is 2.60. The molecule has 100 valence electrons. The van der Waals surface area contributed by atoms with Gasteiger partial charge < -0.3 is 0 Å². The minimum atomic E-state index is 0.742. The molecule has 0 bridgehead atoms. The van der Waals surface area contributed by atoms with Crippen LogP contribution in [0.5, 0.6) is 0 Å². The van der Waals surface area contributed by atoms with E-state index in [-0.39, 0.29) is 0 Å². The van der Waals surface area contributed by atoms with Crippen molar-refractivity contribution in [2.24, 2.45) is 35.0 Å². The Bertz CT molecular complexity index is 255. The van der Waals surface area contributed by atoms with Gasteiger partial charge in [0.05, 0.1) is 0 Å². The summed E-state index contributed by atoms with van der Waals surface area (Å²) in [6.45, 7) is 12.2. The van der Waals surface area contributed by atoms with Gasteiger partial charge in [-0.15, -0.1) is 0 Å². The molecule has 5 atom stereocenters. The van der Waals surface area contributed by atoms with Gasteiger partial charge in [-0.05, 0) is 60.7 Å². The Morgan fingerprint density at radius 2 is 1.88 bits per heavy atom. The predicted molar refractivity (Wildman–Crippen MR) is 76.0 cm³/mol. The molecule has 2 aliphatic rings. The summed E-state index contributed by atoms with van der Waals surface area (Å²) in [6.07, 6.45) is 8.94. The summed E-state index contributed by atoms with van der Waals surface area (Å²) in [5.74, 6) is 5.02. The molecular weight excluding hydrogens is 204 g/mol. The summed E-state index contributed by atoms with van der Waals surface area (Å²) in [7, 11) is 0. The number of rotatable bonds is 5. The van der Waals surface area contributed by atoms with E-state index in [1.165, 1.54) is 25.7 Å². The molecule has 0 saturated heterocycles. The molecule has 0 radical (unpaired) electrons. The molecule has 17 heavy (non-hydrogen) atoms. The normalized spacial score (nSPS) is 42.4. The molecule has 0 heterocycles. The maximum atomic E-state index is 2.60. The summed E-state index contributed by atoms with van der Waals surface area (Å²) in [4.78, 5) is 0.